The van der Waals surface area contributed by atoms with Gasteiger partial charge in [0.1, 0.15) is 0 Å². The van der Waals surface area contributed by atoms with Crippen molar-refractivity contribution in [3.8, 4) is 0 Å². The fourth-order valence-corrected chi connectivity index (χ4v) is 5.99. The van der Waals surface area contributed by atoms with Crippen molar-refractivity contribution in [3.05, 3.63) is 136 Å². The number of hydrogen-bond donors (Lipinski definition) is 3. The van der Waals surface area contributed by atoms with Crippen LogP contribution in [0.1, 0.15) is 53.6 Å². The zero-order valence-electron chi connectivity index (χ0n) is 25.0. The summed E-state index contributed by atoms with van der Waals surface area (Å²) in [6.07, 6.45) is 1.44. The molecule has 1 unspecified atom stereocenters. The SMILES string of the molecule is CC(=O)[C@@H](Cc1ccccc1)NC(=O)NCc1ccc(C2O[C@H](CSc3cccc[n+]3[O-])C[C@H](c3ccc(CO)cc3)O2)cc1. The first-order chi connectivity index (χ1) is 21.9. The van der Waals surface area contributed by atoms with Gasteiger partial charge in [-0.1, -0.05) is 90.6 Å². The van der Waals surface area contributed by atoms with Gasteiger partial charge in [-0.15, -0.1) is 0 Å². The van der Waals surface area contributed by atoms with E-state index >= 15 is 0 Å². The quantitative estimate of drug-likeness (QED) is 0.113. The van der Waals surface area contributed by atoms with Gasteiger partial charge in [-0.3, -0.25) is 4.79 Å². The smallest absolute Gasteiger partial charge is 0.315 e. The topological polar surface area (TPSA) is 124 Å². The van der Waals surface area contributed by atoms with Gasteiger partial charge in [0, 0.05) is 36.4 Å². The Morgan fingerprint density at radius 3 is 2.29 bits per heavy atom. The molecule has 3 aromatic carbocycles. The van der Waals surface area contributed by atoms with Gasteiger partial charge in [-0.05, 0) is 41.7 Å². The van der Waals surface area contributed by atoms with E-state index in [1.807, 2.05) is 84.9 Å². The highest BCUT2D eigenvalue weighted by Gasteiger charge is 2.32. The molecule has 2 heterocycles. The number of hydrogen-bond acceptors (Lipinski definition) is 7. The molecule has 0 aliphatic carbocycles. The third-order valence-corrected chi connectivity index (χ3v) is 8.75. The highest BCUT2D eigenvalue weighted by molar-refractivity contribution is 7.99. The number of amides is 2. The summed E-state index contributed by atoms with van der Waals surface area (Å²) in [6.45, 7) is 1.72. The van der Waals surface area contributed by atoms with Gasteiger partial charge in [0.15, 0.2) is 18.3 Å². The number of nitrogens with zero attached hydrogens (tertiary/aromatic N) is 1. The van der Waals surface area contributed by atoms with E-state index in [9.17, 15) is 19.9 Å². The van der Waals surface area contributed by atoms with Crippen LogP contribution in [0.5, 0.6) is 0 Å². The van der Waals surface area contributed by atoms with Gasteiger partial charge in [-0.25, -0.2) is 4.79 Å². The Morgan fingerprint density at radius 2 is 1.60 bits per heavy atom. The van der Waals surface area contributed by atoms with Crippen molar-refractivity contribution in [2.75, 3.05) is 5.75 Å². The number of benzene rings is 3. The van der Waals surface area contributed by atoms with Crippen molar-refractivity contribution in [2.24, 2.45) is 0 Å². The number of aliphatic hydroxyl groups is 1. The summed E-state index contributed by atoms with van der Waals surface area (Å²) in [5, 5.41) is 27.8. The standard InChI is InChI=1S/C35H37N3O6S/c1-24(40)31(19-25-7-3-2-4-8-25)37-35(41)36-21-26-10-16-29(17-11-26)34-43-30(23-45-33-9-5-6-18-38(33)42)20-32(44-34)28-14-12-27(22-39)13-15-28/h2-18,30-32,34,39H,19-23H2,1H3,(H2,36,37,41)/t30-,31+,32+,34?/m0/s1. The zero-order chi connectivity index (χ0) is 31.6. The Labute approximate surface area is 267 Å². The number of aliphatic hydroxyl groups excluding tert-OH is 1. The minimum atomic E-state index is -0.637. The number of urea groups is 1. The molecular weight excluding hydrogens is 590 g/mol. The van der Waals surface area contributed by atoms with Crippen LogP contribution < -0.4 is 15.4 Å². The molecule has 10 heteroatoms. The zero-order valence-corrected chi connectivity index (χ0v) is 25.8. The van der Waals surface area contributed by atoms with Crippen LogP contribution in [0.25, 0.3) is 0 Å². The molecule has 1 aromatic heterocycles. The van der Waals surface area contributed by atoms with Crippen LogP contribution in [-0.4, -0.2) is 34.8 Å². The first-order valence-electron chi connectivity index (χ1n) is 14.9. The molecule has 4 atom stereocenters. The Kier molecular flexibility index (Phi) is 11.2. The number of carbonyl (C=O) groups excluding carboxylic acids is 2. The molecule has 4 aromatic rings. The van der Waals surface area contributed by atoms with E-state index in [1.165, 1.54) is 24.9 Å². The van der Waals surface area contributed by atoms with Gasteiger partial charge in [0.2, 0.25) is 0 Å². The minimum Gasteiger partial charge on any atom is -0.618 e. The van der Waals surface area contributed by atoms with E-state index in [1.54, 1.807) is 12.1 Å². The molecule has 1 aliphatic rings. The normalized spacial score (nSPS) is 18.6. The molecule has 3 N–H and O–H groups in total. The van der Waals surface area contributed by atoms with Crippen LogP contribution in [0.15, 0.2) is 108 Å². The van der Waals surface area contributed by atoms with Gasteiger partial charge in [0.25, 0.3) is 5.03 Å². The first-order valence-corrected chi connectivity index (χ1v) is 15.9. The molecule has 1 saturated heterocycles. The first kappa shape index (κ1) is 32.2. The van der Waals surface area contributed by atoms with E-state index in [2.05, 4.69) is 10.6 Å². The van der Waals surface area contributed by atoms with Crippen molar-refractivity contribution in [1.29, 1.82) is 0 Å². The fourth-order valence-electron chi connectivity index (χ4n) is 5.06. The van der Waals surface area contributed by atoms with Gasteiger partial charge >= 0.3 is 6.03 Å². The molecule has 1 fully saturated rings. The van der Waals surface area contributed by atoms with E-state index in [4.69, 9.17) is 9.47 Å². The molecule has 45 heavy (non-hydrogen) atoms. The summed E-state index contributed by atoms with van der Waals surface area (Å²) in [5.41, 5.74) is 4.48. The summed E-state index contributed by atoms with van der Waals surface area (Å²) >= 11 is 1.44. The van der Waals surface area contributed by atoms with Crippen LogP contribution >= 0.6 is 11.8 Å². The molecule has 0 saturated carbocycles. The lowest BCUT2D eigenvalue weighted by Gasteiger charge is -2.36. The van der Waals surface area contributed by atoms with E-state index in [0.717, 1.165) is 32.5 Å². The third-order valence-electron chi connectivity index (χ3n) is 7.60. The van der Waals surface area contributed by atoms with E-state index < -0.39 is 18.4 Å². The summed E-state index contributed by atoms with van der Waals surface area (Å²) in [6, 6.07) is 29.2. The number of Topliss-reactive ketones (excluding diaryl/α,β-unsaturated/α-hetero) is 1. The van der Waals surface area contributed by atoms with E-state index in [0.29, 0.717) is 23.6 Å². The Morgan fingerprint density at radius 1 is 0.911 bits per heavy atom. The van der Waals surface area contributed by atoms with Crippen molar-refractivity contribution in [1.82, 2.24) is 10.6 Å². The van der Waals surface area contributed by atoms with Gasteiger partial charge < -0.3 is 30.4 Å². The molecule has 2 amide bonds. The van der Waals surface area contributed by atoms with Crippen molar-refractivity contribution in [3.63, 3.8) is 0 Å². The third kappa shape index (κ3) is 9.15. The van der Waals surface area contributed by atoms with Crippen LogP contribution in [0.3, 0.4) is 0 Å². The highest BCUT2D eigenvalue weighted by atomic mass is 32.2. The maximum atomic E-state index is 12.6. The van der Waals surface area contributed by atoms with Crippen molar-refractivity contribution >= 4 is 23.6 Å². The Hall–Kier alpha value is -4.22. The number of ketones is 1. The highest BCUT2D eigenvalue weighted by Crippen LogP contribution is 2.39. The number of rotatable bonds is 12. The van der Waals surface area contributed by atoms with Crippen LogP contribution in [0, 0.1) is 5.21 Å². The largest absolute Gasteiger partial charge is 0.618 e. The van der Waals surface area contributed by atoms with Crippen LogP contribution in [-0.2, 0) is 33.8 Å². The number of ether oxygens (including phenoxy) is 2. The Bertz CT molecular complexity index is 1550. The second kappa shape index (κ2) is 15.7. The van der Waals surface area contributed by atoms with Crippen molar-refractivity contribution < 1.29 is 28.9 Å². The fraction of sp³-hybridized carbons (Fsp3) is 0.286. The monoisotopic (exact) mass is 627 g/mol. The number of thioether (sulfide) groups is 1. The average Bonchev–Trinajstić information content (AvgIpc) is 3.07. The lowest BCUT2D eigenvalue weighted by atomic mass is 10.0. The van der Waals surface area contributed by atoms with Crippen molar-refractivity contribution in [2.45, 2.75) is 62.5 Å². The summed E-state index contributed by atoms with van der Waals surface area (Å²) < 4.78 is 13.6. The molecule has 234 valence electrons. The Balaban J connectivity index is 1.21. The minimum absolute atomic E-state index is 0.0308. The lowest BCUT2D eigenvalue weighted by Crippen LogP contribution is -2.46. The molecule has 0 bridgehead atoms. The lowest BCUT2D eigenvalue weighted by molar-refractivity contribution is -0.645. The summed E-state index contributed by atoms with van der Waals surface area (Å²) in [5.74, 6) is 0.459. The number of nitrogens with one attached hydrogen (secondary N) is 2. The van der Waals surface area contributed by atoms with Crippen LogP contribution in [0.2, 0.25) is 0 Å². The predicted octanol–water partition coefficient (Wildman–Crippen LogP) is 5.15. The molecule has 5 rings (SSSR count). The molecule has 1 aliphatic heterocycles. The average molecular weight is 628 g/mol. The maximum Gasteiger partial charge on any atom is 0.315 e. The number of pyridine rings is 1. The second-order valence-corrected chi connectivity index (χ2v) is 12.0. The molecular formula is C35H37N3O6S. The molecule has 0 spiro atoms. The number of aromatic nitrogens is 1. The van der Waals surface area contributed by atoms with E-state index in [-0.39, 0.29) is 31.1 Å². The summed E-state index contributed by atoms with van der Waals surface area (Å²) in [7, 11) is 0. The maximum absolute atomic E-state index is 12.6. The number of carbonyl (C=O) groups is 2. The molecule has 0 radical (unpaired) electrons. The predicted molar refractivity (Wildman–Crippen MR) is 171 cm³/mol. The van der Waals surface area contributed by atoms with Gasteiger partial charge in [0.05, 0.1) is 24.9 Å². The molecule has 9 nitrogen and oxygen atoms in total. The van der Waals surface area contributed by atoms with Crippen LogP contribution in [0.4, 0.5) is 4.79 Å². The van der Waals surface area contributed by atoms with Gasteiger partial charge in [-0.2, -0.15) is 4.73 Å². The summed E-state index contributed by atoms with van der Waals surface area (Å²) in [4.78, 5) is 24.8. The second-order valence-electron chi connectivity index (χ2n) is 10.9.